The number of nitrogens with one attached hydrogen (secondary N) is 2. The van der Waals surface area contributed by atoms with Gasteiger partial charge in [-0.3, -0.25) is 4.99 Å². The molecule has 4 rings (SSSR count). The zero-order valence-electron chi connectivity index (χ0n) is 16.1. The third kappa shape index (κ3) is 4.97. The Morgan fingerprint density at radius 1 is 1.18 bits per heavy atom. The van der Waals surface area contributed by atoms with Crippen molar-refractivity contribution < 1.29 is 9.15 Å². The van der Waals surface area contributed by atoms with Crippen molar-refractivity contribution in [2.45, 2.75) is 31.1 Å². The molecule has 2 aliphatic rings. The van der Waals surface area contributed by atoms with Crippen molar-refractivity contribution in [3.63, 3.8) is 0 Å². The Balaban J connectivity index is 1.38. The minimum absolute atomic E-state index is 0.173. The zero-order chi connectivity index (χ0) is 19.2. The number of hydrogen-bond donors (Lipinski definition) is 2. The monoisotopic (exact) mass is 445 g/mol. The molecule has 1 unspecified atom stereocenters. The van der Waals surface area contributed by atoms with Gasteiger partial charge < -0.3 is 19.8 Å². The second kappa shape index (κ2) is 9.14. The third-order valence-electron chi connectivity index (χ3n) is 5.66. The lowest BCUT2D eigenvalue weighted by Gasteiger charge is -2.18. The Morgan fingerprint density at radius 2 is 2.07 bits per heavy atom. The second-order valence-corrected chi connectivity index (χ2v) is 8.65. The molecule has 2 heterocycles. The van der Waals surface area contributed by atoms with Crippen LogP contribution in [0.5, 0.6) is 0 Å². The van der Waals surface area contributed by atoms with E-state index in [1.54, 1.807) is 6.26 Å². The molecule has 6 heteroatoms. The second-order valence-electron chi connectivity index (χ2n) is 7.79. The van der Waals surface area contributed by atoms with Gasteiger partial charge in [-0.25, -0.2) is 0 Å². The van der Waals surface area contributed by atoms with Gasteiger partial charge in [0.1, 0.15) is 5.76 Å². The smallest absolute Gasteiger partial charge is 0.191 e. The van der Waals surface area contributed by atoms with Crippen LogP contribution in [-0.4, -0.2) is 38.8 Å². The molecule has 0 radical (unpaired) electrons. The number of rotatable bonds is 8. The van der Waals surface area contributed by atoms with Crippen molar-refractivity contribution in [3.8, 4) is 0 Å². The van der Waals surface area contributed by atoms with Crippen LogP contribution in [0, 0.1) is 5.92 Å². The van der Waals surface area contributed by atoms with Crippen molar-refractivity contribution >= 4 is 21.9 Å². The van der Waals surface area contributed by atoms with Gasteiger partial charge in [-0.2, -0.15) is 0 Å². The molecule has 1 saturated carbocycles. The number of aliphatic imine (C=N–C) groups is 1. The first kappa shape index (κ1) is 19.5. The molecule has 1 aliphatic carbocycles. The summed E-state index contributed by atoms with van der Waals surface area (Å²) in [5, 5.41) is 7.00. The number of halogens is 1. The Kier molecular flexibility index (Phi) is 6.37. The maximum Gasteiger partial charge on any atom is 0.191 e. The van der Waals surface area contributed by atoms with E-state index in [4.69, 9.17) is 14.1 Å². The van der Waals surface area contributed by atoms with Gasteiger partial charge in [0.15, 0.2) is 5.96 Å². The highest BCUT2D eigenvalue weighted by atomic mass is 79.9. The fourth-order valence-electron chi connectivity index (χ4n) is 3.70. The normalized spacial score (nSPS) is 20.9. The first-order valence-corrected chi connectivity index (χ1v) is 10.9. The van der Waals surface area contributed by atoms with Crippen molar-refractivity contribution in [1.29, 1.82) is 0 Å². The average Bonchev–Trinajstić information content (AvgIpc) is 3.10. The van der Waals surface area contributed by atoms with Crippen LogP contribution in [0.15, 0.2) is 56.5 Å². The Morgan fingerprint density at radius 3 is 2.79 bits per heavy atom. The van der Waals surface area contributed by atoms with Crippen LogP contribution in [0.4, 0.5) is 0 Å². The van der Waals surface area contributed by atoms with Gasteiger partial charge in [0.05, 0.1) is 19.4 Å². The summed E-state index contributed by atoms with van der Waals surface area (Å²) in [5.74, 6) is 2.44. The molecule has 1 aliphatic heterocycles. The SMILES string of the molecule is Brc1ccccc1C1(CN=C(NCCc2ccco2)NCC2CCOC2)CC1. The molecule has 2 aromatic rings. The van der Waals surface area contributed by atoms with E-state index >= 15 is 0 Å². The topological polar surface area (TPSA) is 58.8 Å². The standard InChI is InChI=1S/C22H28BrN3O2/c23-20-6-2-1-5-19(20)22(9-10-22)16-26-21(25-14-17-8-13-27-15-17)24-11-7-18-4-3-12-28-18/h1-6,12,17H,7-11,13-16H2,(H2,24,25,26). The zero-order valence-corrected chi connectivity index (χ0v) is 17.7. The van der Waals surface area contributed by atoms with Crippen LogP contribution >= 0.6 is 15.9 Å². The molecule has 1 aromatic carbocycles. The van der Waals surface area contributed by atoms with Gasteiger partial charge in [0.2, 0.25) is 0 Å². The first-order chi connectivity index (χ1) is 13.8. The average molecular weight is 446 g/mol. The lowest BCUT2D eigenvalue weighted by molar-refractivity contribution is 0.186. The molecule has 2 fully saturated rings. The van der Waals surface area contributed by atoms with Crippen LogP contribution in [0.3, 0.4) is 0 Å². The molecular weight excluding hydrogens is 418 g/mol. The van der Waals surface area contributed by atoms with E-state index in [1.165, 1.54) is 22.9 Å². The summed E-state index contributed by atoms with van der Waals surface area (Å²) in [6.45, 7) is 4.20. The van der Waals surface area contributed by atoms with Gasteiger partial charge in [0, 0.05) is 41.9 Å². The predicted octanol–water partition coefficient (Wildman–Crippen LogP) is 3.89. The van der Waals surface area contributed by atoms with Gasteiger partial charge in [-0.1, -0.05) is 34.1 Å². The molecule has 1 aromatic heterocycles. The summed E-state index contributed by atoms with van der Waals surface area (Å²) in [4.78, 5) is 4.96. The largest absolute Gasteiger partial charge is 0.469 e. The van der Waals surface area contributed by atoms with E-state index in [0.29, 0.717) is 5.92 Å². The Labute approximate surface area is 175 Å². The molecule has 1 saturated heterocycles. The van der Waals surface area contributed by atoms with Gasteiger partial charge in [-0.15, -0.1) is 0 Å². The quantitative estimate of drug-likeness (QED) is 0.477. The molecular formula is C22H28BrN3O2. The summed E-state index contributed by atoms with van der Waals surface area (Å²) < 4.78 is 12.1. The van der Waals surface area contributed by atoms with Crippen LogP contribution in [-0.2, 0) is 16.6 Å². The third-order valence-corrected chi connectivity index (χ3v) is 6.36. The summed E-state index contributed by atoms with van der Waals surface area (Å²) in [6, 6.07) is 12.5. The van der Waals surface area contributed by atoms with Crippen molar-refractivity contribution in [2.75, 3.05) is 32.8 Å². The van der Waals surface area contributed by atoms with Crippen LogP contribution in [0.2, 0.25) is 0 Å². The summed E-state index contributed by atoms with van der Waals surface area (Å²) in [7, 11) is 0. The van der Waals surface area contributed by atoms with Crippen LogP contribution < -0.4 is 10.6 Å². The molecule has 0 bridgehead atoms. The van der Waals surface area contributed by atoms with Crippen LogP contribution in [0.1, 0.15) is 30.6 Å². The van der Waals surface area contributed by atoms with E-state index in [1.807, 2.05) is 12.1 Å². The highest BCUT2D eigenvalue weighted by Gasteiger charge is 2.45. The minimum atomic E-state index is 0.173. The Bertz CT molecular complexity index is 781. The van der Waals surface area contributed by atoms with Gasteiger partial charge >= 0.3 is 0 Å². The molecule has 28 heavy (non-hydrogen) atoms. The lowest BCUT2D eigenvalue weighted by Crippen LogP contribution is -2.41. The molecule has 2 N–H and O–H groups in total. The van der Waals surface area contributed by atoms with E-state index in [0.717, 1.165) is 57.4 Å². The summed E-state index contributed by atoms with van der Waals surface area (Å²) in [6.07, 6.45) is 6.06. The molecule has 0 spiro atoms. The number of nitrogens with zero attached hydrogens (tertiary/aromatic N) is 1. The summed E-state index contributed by atoms with van der Waals surface area (Å²) >= 11 is 3.71. The number of furan rings is 1. The lowest BCUT2D eigenvalue weighted by atomic mass is 9.96. The molecule has 0 amide bonds. The number of ether oxygens (including phenoxy) is 1. The highest BCUT2D eigenvalue weighted by molar-refractivity contribution is 9.10. The highest BCUT2D eigenvalue weighted by Crippen LogP contribution is 2.50. The van der Waals surface area contributed by atoms with Gasteiger partial charge in [-0.05, 0) is 43.0 Å². The number of hydrogen-bond acceptors (Lipinski definition) is 3. The van der Waals surface area contributed by atoms with E-state index in [-0.39, 0.29) is 5.41 Å². The molecule has 150 valence electrons. The maximum absolute atomic E-state index is 5.50. The molecule has 1 atom stereocenters. The Hall–Kier alpha value is -1.79. The van der Waals surface area contributed by atoms with E-state index in [9.17, 15) is 0 Å². The number of guanidine groups is 1. The number of benzene rings is 1. The van der Waals surface area contributed by atoms with Crippen molar-refractivity contribution in [1.82, 2.24) is 10.6 Å². The predicted molar refractivity (Wildman–Crippen MR) is 115 cm³/mol. The van der Waals surface area contributed by atoms with E-state index < -0.39 is 0 Å². The maximum atomic E-state index is 5.50. The minimum Gasteiger partial charge on any atom is -0.469 e. The van der Waals surface area contributed by atoms with Gasteiger partial charge in [0.25, 0.3) is 0 Å². The summed E-state index contributed by atoms with van der Waals surface area (Å²) in [5.41, 5.74) is 1.55. The molecule has 5 nitrogen and oxygen atoms in total. The van der Waals surface area contributed by atoms with Crippen molar-refractivity contribution in [3.05, 3.63) is 58.5 Å². The van der Waals surface area contributed by atoms with Crippen molar-refractivity contribution in [2.24, 2.45) is 10.9 Å². The fraction of sp³-hybridized carbons (Fsp3) is 0.500. The fourth-order valence-corrected chi connectivity index (χ4v) is 4.41. The first-order valence-electron chi connectivity index (χ1n) is 10.1. The van der Waals surface area contributed by atoms with Crippen LogP contribution in [0.25, 0.3) is 0 Å². The van der Waals surface area contributed by atoms with E-state index in [2.05, 4.69) is 50.8 Å².